The van der Waals surface area contributed by atoms with E-state index < -0.39 is 0 Å². The highest BCUT2D eigenvalue weighted by atomic mass is 19.1. The van der Waals surface area contributed by atoms with Crippen LogP contribution in [0.1, 0.15) is 36.5 Å². The second kappa shape index (κ2) is 6.24. The third kappa shape index (κ3) is 3.16. The molecule has 2 atom stereocenters. The Morgan fingerprint density at radius 1 is 1.19 bits per heavy atom. The number of piperidine rings is 1. The molecule has 2 saturated heterocycles. The van der Waals surface area contributed by atoms with Crippen LogP contribution in [-0.2, 0) is 0 Å². The molecule has 2 heterocycles. The number of halogens is 1. The molecular weight excluding hydrogens is 267 g/mol. The van der Waals surface area contributed by atoms with E-state index in [2.05, 4.69) is 9.80 Å². The molecule has 1 aromatic rings. The number of rotatable bonds is 3. The van der Waals surface area contributed by atoms with E-state index in [0.29, 0.717) is 11.6 Å². The fourth-order valence-electron chi connectivity index (χ4n) is 3.55. The summed E-state index contributed by atoms with van der Waals surface area (Å²) in [5, 5.41) is 0. The van der Waals surface area contributed by atoms with Crippen LogP contribution in [0.25, 0.3) is 0 Å². The van der Waals surface area contributed by atoms with Crippen LogP contribution in [0.4, 0.5) is 4.39 Å². The molecular formula is C17H23FN2O. The monoisotopic (exact) mass is 290 g/mol. The average Bonchev–Trinajstić information content (AvgIpc) is 2.54. The highest BCUT2D eigenvalue weighted by Gasteiger charge is 2.33. The van der Waals surface area contributed by atoms with Gasteiger partial charge >= 0.3 is 0 Å². The van der Waals surface area contributed by atoms with Gasteiger partial charge in [-0.25, -0.2) is 4.39 Å². The van der Waals surface area contributed by atoms with Crippen LogP contribution in [0, 0.1) is 5.82 Å². The van der Waals surface area contributed by atoms with E-state index in [0.717, 1.165) is 19.6 Å². The minimum atomic E-state index is -0.296. The molecule has 21 heavy (non-hydrogen) atoms. The van der Waals surface area contributed by atoms with Crippen molar-refractivity contribution in [3.05, 3.63) is 35.6 Å². The fraction of sp³-hybridized carbons (Fsp3) is 0.588. The minimum absolute atomic E-state index is 0.0965. The number of benzene rings is 1. The Labute approximate surface area is 125 Å². The van der Waals surface area contributed by atoms with Gasteiger partial charge in [-0.15, -0.1) is 0 Å². The second-order valence-corrected chi connectivity index (χ2v) is 6.23. The van der Waals surface area contributed by atoms with Crippen molar-refractivity contribution in [2.75, 3.05) is 26.2 Å². The molecule has 0 radical (unpaired) electrons. The summed E-state index contributed by atoms with van der Waals surface area (Å²) in [6.45, 7) is 6.17. The van der Waals surface area contributed by atoms with E-state index >= 15 is 0 Å². The molecule has 1 aromatic carbocycles. The number of Topliss-reactive ketones (excluding diaryl/α,β-unsaturated/α-hetero) is 1. The van der Waals surface area contributed by atoms with E-state index in [-0.39, 0.29) is 17.6 Å². The number of ketones is 1. The van der Waals surface area contributed by atoms with Gasteiger partial charge in [-0.2, -0.15) is 0 Å². The zero-order valence-corrected chi connectivity index (χ0v) is 12.6. The maximum absolute atomic E-state index is 13.0. The van der Waals surface area contributed by atoms with Gasteiger partial charge in [0.1, 0.15) is 5.82 Å². The van der Waals surface area contributed by atoms with Crippen molar-refractivity contribution in [2.45, 2.75) is 38.3 Å². The van der Waals surface area contributed by atoms with E-state index in [9.17, 15) is 9.18 Å². The van der Waals surface area contributed by atoms with Gasteiger partial charge in [-0.05, 0) is 50.6 Å². The lowest BCUT2D eigenvalue weighted by Gasteiger charge is -2.45. The molecule has 0 bridgehead atoms. The molecule has 0 aromatic heterocycles. The van der Waals surface area contributed by atoms with Gasteiger partial charge in [0.25, 0.3) is 0 Å². The lowest BCUT2D eigenvalue weighted by molar-refractivity contribution is 0.0300. The van der Waals surface area contributed by atoms with Gasteiger partial charge in [-0.1, -0.05) is 6.42 Å². The Kier molecular flexibility index (Phi) is 4.36. The predicted octanol–water partition coefficient (Wildman–Crippen LogP) is 2.57. The van der Waals surface area contributed by atoms with Crippen LogP contribution in [0.5, 0.6) is 0 Å². The standard InChI is InChI=1S/C17H23FN2O/c1-13(17(21)14-5-7-15(18)8-6-14)20-11-10-19-9-3-2-4-16(19)12-20/h5-8,13,16H,2-4,9-12H2,1H3. The zero-order valence-electron chi connectivity index (χ0n) is 12.6. The molecule has 2 aliphatic rings. The molecule has 2 fully saturated rings. The average molecular weight is 290 g/mol. The lowest BCUT2D eigenvalue weighted by Crippen LogP contribution is -2.57. The quantitative estimate of drug-likeness (QED) is 0.799. The first kappa shape index (κ1) is 14.7. The molecule has 0 amide bonds. The van der Waals surface area contributed by atoms with E-state index in [4.69, 9.17) is 0 Å². The molecule has 2 aliphatic heterocycles. The minimum Gasteiger partial charge on any atom is -0.298 e. The molecule has 114 valence electrons. The smallest absolute Gasteiger partial charge is 0.179 e. The number of fused-ring (bicyclic) bond motifs is 1. The summed E-state index contributed by atoms with van der Waals surface area (Å²) in [4.78, 5) is 17.4. The number of carbonyl (C=O) groups is 1. The molecule has 0 spiro atoms. The van der Waals surface area contributed by atoms with Crippen LogP contribution in [-0.4, -0.2) is 53.8 Å². The van der Waals surface area contributed by atoms with Gasteiger partial charge in [0.2, 0.25) is 0 Å². The van der Waals surface area contributed by atoms with Crippen molar-refractivity contribution in [1.29, 1.82) is 0 Å². The SMILES string of the molecule is CC(C(=O)c1ccc(F)cc1)N1CCN2CCCCC2C1. The summed E-state index contributed by atoms with van der Waals surface area (Å²) in [5.41, 5.74) is 0.606. The van der Waals surface area contributed by atoms with Crippen molar-refractivity contribution >= 4 is 5.78 Å². The largest absolute Gasteiger partial charge is 0.298 e. The summed E-state index contributed by atoms with van der Waals surface area (Å²) in [6, 6.07) is 6.38. The van der Waals surface area contributed by atoms with Crippen molar-refractivity contribution < 1.29 is 9.18 Å². The number of hydrogen-bond acceptors (Lipinski definition) is 3. The molecule has 3 nitrogen and oxygen atoms in total. The highest BCUT2D eigenvalue weighted by Crippen LogP contribution is 2.23. The first-order chi connectivity index (χ1) is 10.1. The highest BCUT2D eigenvalue weighted by molar-refractivity contribution is 5.99. The fourth-order valence-corrected chi connectivity index (χ4v) is 3.55. The third-order valence-corrected chi connectivity index (χ3v) is 4.92. The molecule has 0 N–H and O–H groups in total. The van der Waals surface area contributed by atoms with Gasteiger partial charge in [0.05, 0.1) is 6.04 Å². The summed E-state index contributed by atoms with van der Waals surface area (Å²) in [6.07, 6.45) is 3.85. The molecule has 0 saturated carbocycles. The second-order valence-electron chi connectivity index (χ2n) is 6.23. The third-order valence-electron chi connectivity index (χ3n) is 4.92. The van der Waals surface area contributed by atoms with Crippen molar-refractivity contribution in [3.8, 4) is 0 Å². The normalized spacial score (nSPS) is 25.3. The van der Waals surface area contributed by atoms with Gasteiger partial charge < -0.3 is 0 Å². The van der Waals surface area contributed by atoms with Gasteiger partial charge in [0.15, 0.2) is 5.78 Å². The Balaban J connectivity index is 1.66. The Hall–Kier alpha value is -1.26. The predicted molar refractivity (Wildman–Crippen MR) is 81.0 cm³/mol. The number of hydrogen-bond donors (Lipinski definition) is 0. The Morgan fingerprint density at radius 2 is 1.95 bits per heavy atom. The maximum Gasteiger partial charge on any atom is 0.179 e. The summed E-state index contributed by atoms with van der Waals surface area (Å²) >= 11 is 0. The summed E-state index contributed by atoms with van der Waals surface area (Å²) in [7, 11) is 0. The Bertz CT molecular complexity index is 502. The molecule has 0 aliphatic carbocycles. The number of nitrogens with zero attached hydrogens (tertiary/aromatic N) is 2. The first-order valence-corrected chi connectivity index (χ1v) is 7.93. The van der Waals surface area contributed by atoms with Gasteiger partial charge in [0, 0.05) is 31.2 Å². The summed E-state index contributed by atoms with van der Waals surface area (Å²) < 4.78 is 13.0. The van der Waals surface area contributed by atoms with Crippen LogP contribution in [0.15, 0.2) is 24.3 Å². The van der Waals surface area contributed by atoms with Crippen LogP contribution >= 0.6 is 0 Å². The maximum atomic E-state index is 13.0. The topological polar surface area (TPSA) is 23.6 Å². The molecule has 3 rings (SSSR count). The lowest BCUT2D eigenvalue weighted by atomic mass is 9.97. The van der Waals surface area contributed by atoms with Crippen LogP contribution in [0.3, 0.4) is 0 Å². The molecule has 4 heteroatoms. The van der Waals surface area contributed by atoms with Gasteiger partial charge in [-0.3, -0.25) is 14.6 Å². The number of piperazine rings is 1. The Morgan fingerprint density at radius 3 is 2.71 bits per heavy atom. The van der Waals surface area contributed by atoms with E-state index in [1.54, 1.807) is 12.1 Å². The van der Waals surface area contributed by atoms with Crippen LogP contribution < -0.4 is 0 Å². The van der Waals surface area contributed by atoms with E-state index in [1.165, 1.54) is 37.9 Å². The summed E-state index contributed by atoms with van der Waals surface area (Å²) in [5.74, 6) is -0.200. The zero-order chi connectivity index (χ0) is 14.8. The molecule has 2 unspecified atom stereocenters. The van der Waals surface area contributed by atoms with Crippen LogP contribution in [0.2, 0.25) is 0 Å². The van der Waals surface area contributed by atoms with Crippen molar-refractivity contribution in [2.24, 2.45) is 0 Å². The van der Waals surface area contributed by atoms with Crippen molar-refractivity contribution in [1.82, 2.24) is 9.80 Å². The van der Waals surface area contributed by atoms with E-state index in [1.807, 2.05) is 6.92 Å². The van der Waals surface area contributed by atoms with Crippen molar-refractivity contribution in [3.63, 3.8) is 0 Å². The first-order valence-electron chi connectivity index (χ1n) is 7.93. The number of carbonyl (C=O) groups excluding carboxylic acids is 1.